The topological polar surface area (TPSA) is 42.0 Å². The number of hydrogen-bond acceptors (Lipinski definition) is 2. The molecule has 1 amide bonds. The summed E-state index contributed by atoms with van der Waals surface area (Å²) in [6.45, 7) is 0. The van der Waals surface area contributed by atoms with Crippen molar-refractivity contribution in [1.82, 2.24) is 4.98 Å². The van der Waals surface area contributed by atoms with E-state index in [4.69, 9.17) is 23.2 Å². The van der Waals surface area contributed by atoms with Gasteiger partial charge in [0.05, 0.1) is 15.6 Å². The maximum Gasteiger partial charge on any atom is 0.259 e. The molecule has 0 saturated heterocycles. The molecule has 0 radical (unpaired) electrons. The molecule has 7 heteroatoms. The van der Waals surface area contributed by atoms with Crippen LogP contribution in [0, 0.1) is 11.6 Å². The average Bonchev–Trinajstić information content (AvgIpc) is 2.36. The van der Waals surface area contributed by atoms with Gasteiger partial charge >= 0.3 is 0 Å². The molecule has 0 spiro atoms. The van der Waals surface area contributed by atoms with Gasteiger partial charge in [-0.1, -0.05) is 23.2 Å². The van der Waals surface area contributed by atoms with Crippen molar-refractivity contribution in [2.75, 3.05) is 5.32 Å². The summed E-state index contributed by atoms with van der Waals surface area (Å²) in [6, 6.07) is 4.51. The lowest BCUT2D eigenvalue weighted by atomic mass is 10.2. The summed E-state index contributed by atoms with van der Waals surface area (Å²) in [5.41, 5.74) is -0.483. The maximum atomic E-state index is 13.5. The van der Waals surface area contributed by atoms with E-state index in [2.05, 4.69) is 10.3 Å². The largest absolute Gasteiger partial charge is 0.305 e. The van der Waals surface area contributed by atoms with Gasteiger partial charge in [-0.15, -0.1) is 0 Å². The van der Waals surface area contributed by atoms with E-state index in [1.807, 2.05) is 0 Å². The number of carbonyl (C=O) groups is 1. The second-order valence-electron chi connectivity index (χ2n) is 3.53. The number of halogens is 4. The molecule has 0 saturated carbocycles. The Balaban J connectivity index is 2.31. The first-order chi connectivity index (χ1) is 8.99. The number of hydrogen-bond donors (Lipinski definition) is 1. The van der Waals surface area contributed by atoms with E-state index in [1.165, 1.54) is 12.3 Å². The van der Waals surface area contributed by atoms with Gasteiger partial charge in [-0.25, -0.2) is 13.8 Å². The molecular weight excluding hydrogens is 297 g/mol. The van der Waals surface area contributed by atoms with Crippen LogP contribution in [0.4, 0.5) is 14.6 Å². The molecule has 1 aromatic carbocycles. The van der Waals surface area contributed by atoms with Crippen LogP contribution in [0.3, 0.4) is 0 Å². The summed E-state index contributed by atoms with van der Waals surface area (Å²) in [6.07, 6.45) is 1.40. The van der Waals surface area contributed by atoms with Crippen LogP contribution in [0.2, 0.25) is 10.0 Å². The van der Waals surface area contributed by atoms with Crippen molar-refractivity contribution >= 4 is 34.9 Å². The Labute approximate surface area is 117 Å². The molecule has 1 heterocycles. The normalized spacial score (nSPS) is 10.3. The van der Waals surface area contributed by atoms with Crippen molar-refractivity contribution in [1.29, 1.82) is 0 Å². The van der Waals surface area contributed by atoms with Crippen molar-refractivity contribution < 1.29 is 13.6 Å². The second-order valence-corrected chi connectivity index (χ2v) is 4.35. The Morgan fingerprint density at radius 2 is 1.89 bits per heavy atom. The third-order valence-corrected chi connectivity index (χ3v) is 2.84. The second kappa shape index (κ2) is 5.50. The average molecular weight is 303 g/mol. The van der Waals surface area contributed by atoms with Gasteiger partial charge in [0.15, 0.2) is 5.82 Å². The molecule has 0 aliphatic carbocycles. The van der Waals surface area contributed by atoms with Gasteiger partial charge in [0.2, 0.25) is 0 Å². The highest BCUT2D eigenvalue weighted by Gasteiger charge is 2.16. The van der Waals surface area contributed by atoms with Crippen LogP contribution in [0.5, 0.6) is 0 Å². The Bertz CT molecular complexity index is 650. The van der Waals surface area contributed by atoms with Crippen LogP contribution in [-0.4, -0.2) is 10.9 Å². The van der Waals surface area contributed by atoms with E-state index in [9.17, 15) is 13.6 Å². The summed E-state index contributed by atoms with van der Waals surface area (Å²) >= 11 is 11.2. The molecule has 0 fully saturated rings. The first-order valence-corrected chi connectivity index (χ1v) is 5.81. The minimum atomic E-state index is -0.934. The van der Waals surface area contributed by atoms with E-state index in [1.54, 1.807) is 6.07 Å². The first kappa shape index (κ1) is 13.7. The highest BCUT2D eigenvalue weighted by molar-refractivity contribution is 6.33. The van der Waals surface area contributed by atoms with Gasteiger partial charge in [0.1, 0.15) is 11.6 Å². The number of pyridine rings is 1. The molecule has 2 rings (SSSR count). The van der Waals surface area contributed by atoms with E-state index in [0.717, 1.165) is 6.07 Å². The van der Waals surface area contributed by atoms with Crippen LogP contribution >= 0.6 is 23.2 Å². The zero-order valence-corrected chi connectivity index (χ0v) is 10.8. The number of rotatable bonds is 2. The summed E-state index contributed by atoms with van der Waals surface area (Å²) in [4.78, 5) is 15.6. The van der Waals surface area contributed by atoms with Crippen molar-refractivity contribution in [2.24, 2.45) is 0 Å². The minimum Gasteiger partial charge on any atom is -0.305 e. The number of nitrogens with one attached hydrogen (secondary N) is 1. The number of nitrogens with zero attached hydrogens (tertiary/aromatic N) is 1. The fourth-order valence-electron chi connectivity index (χ4n) is 1.35. The van der Waals surface area contributed by atoms with Gasteiger partial charge < -0.3 is 5.32 Å². The zero-order chi connectivity index (χ0) is 14.0. The fourth-order valence-corrected chi connectivity index (χ4v) is 1.67. The number of anilines is 1. The van der Waals surface area contributed by atoms with Gasteiger partial charge in [0, 0.05) is 6.20 Å². The quantitative estimate of drug-likeness (QED) is 0.854. The molecular formula is C12H6Cl2F2N2O. The van der Waals surface area contributed by atoms with Crippen molar-refractivity contribution in [2.45, 2.75) is 0 Å². The van der Waals surface area contributed by atoms with Gasteiger partial charge in [-0.3, -0.25) is 4.79 Å². The Hall–Kier alpha value is -1.72. The molecule has 1 aromatic heterocycles. The standard InChI is InChI=1S/C12H6Cl2F2N2O/c13-7-2-1-3-17-11(7)18-12(19)6-4-10(16)8(14)5-9(6)15/h1-5H,(H,17,18,19). The number of benzene rings is 1. The van der Waals surface area contributed by atoms with Crippen molar-refractivity contribution in [3.05, 3.63) is 57.7 Å². The molecule has 1 N–H and O–H groups in total. The molecule has 0 aliphatic heterocycles. The lowest BCUT2D eigenvalue weighted by Crippen LogP contribution is -2.15. The van der Waals surface area contributed by atoms with Gasteiger partial charge in [0.25, 0.3) is 5.91 Å². The smallest absolute Gasteiger partial charge is 0.259 e. The third-order valence-electron chi connectivity index (χ3n) is 2.24. The van der Waals surface area contributed by atoms with Gasteiger partial charge in [-0.05, 0) is 24.3 Å². The van der Waals surface area contributed by atoms with Crippen LogP contribution in [0.25, 0.3) is 0 Å². The highest BCUT2D eigenvalue weighted by Crippen LogP contribution is 2.22. The van der Waals surface area contributed by atoms with E-state index in [-0.39, 0.29) is 10.8 Å². The zero-order valence-electron chi connectivity index (χ0n) is 9.25. The Morgan fingerprint density at radius 3 is 2.58 bits per heavy atom. The summed E-state index contributed by atoms with van der Waals surface area (Å²) < 4.78 is 26.7. The Kier molecular flexibility index (Phi) is 3.97. The van der Waals surface area contributed by atoms with Crippen molar-refractivity contribution in [3.8, 4) is 0 Å². The van der Waals surface area contributed by atoms with Crippen LogP contribution in [0.1, 0.15) is 10.4 Å². The molecule has 98 valence electrons. The molecule has 19 heavy (non-hydrogen) atoms. The van der Waals surface area contributed by atoms with E-state index >= 15 is 0 Å². The molecule has 2 aromatic rings. The third kappa shape index (κ3) is 3.00. The highest BCUT2D eigenvalue weighted by atomic mass is 35.5. The maximum absolute atomic E-state index is 13.5. The molecule has 0 aliphatic rings. The molecule has 0 atom stereocenters. The molecule has 3 nitrogen and oxygen atoms in total. The summed E-state index contributed by atoms with van der Waals surface area (Å²) in [5.74, 6) is -2.63. The number of amides is 1. The predicted octanol–water partition coefficient (Wildman–Crippen LogP) is 3.92. The Morgan fingerprint density at radius 1 is 1.16 bits per heavy atom. The predicted molar refractivity (Wildman–Crippen MR) is 68.6 cm³/mol. The monoisotopic (exact) mass is 302 g/mol. The molecule has 0 unspecified atom stereocenters. The SMILES string of the molecule is O=C(Nc1ncccc1Cl)c1cc(F)c(Cl)cc1F. The lowest BCUT2D eigenvalue weighted by Gasteiger charge is -2.07. The molecule has 0 bridgehead atoms. The first-order valence-electron chi connectivity index (χ1n) is 5.05. The van der Waals surface area contributed by atoms with Crippen LogP contribution < -0.4 is 5.32 Å². The van der Waals surface area contributed by atoms with E-state index in [0.29, 0.717) is 6.07 Å². The van der Waals surface area contributed by atoms with Crippen molar-refractivity contribution in [3.63, 3.8) is 0 Å². The van der Waals surface area contributed by atoms with Crippen LogP contribution in [0.15, 0.2) is 30.5 Å². The van der Waals surface area contributed by atoms with Gasteiger partial charge in [-0.2, -0.15) is 0 Å². The number of carbonyl (C=O) groups excluding carboxylic acids is 1. The summed E-state index contributed by atoms with van der Waals surface area (Å²) in [5, 5.41) is 2.07. The summed E-state index contributed by atoms with van der Waals surface area (Å²) in [7, 11) is 0. The minimum absolute atomic E-state index is 0.0592. The van der Waals surface area contributed by atoms with Crippen LogP contribution in [-0.2, 0) is 0 Å². The number of aromatic nitrogens is 1. The lowest BCUT2D eigenvalue weighted by molar-refractivity contribution is 0.102. The fraction of sp³-hybridized carbons (Fsp3) is 0. The van der Waals surface area contributed by atoms with E-state index < -0.39 is 28.1 Å².